The van der Waals surface area contributed by atoms with Crippen LogP contribution in [-0.2, 0) is 9.47 Å². The van der Waals surface area contributed by atoms with Crippen molar-refractivity contribution in [2.75, 3.05) is 13.2 Å². The monoisotopic (exact) mass is 326 g/mol. The fourth-order valence-electron chi connectivity index (χ4n) is 1.79. The van der Waals surface area contributed by atoms with Crippen LogP contribution in [-0.4, -0.2) is 39.7 Å². The first-order valence-electron chi connectivity index (χ1n) is 6.04. The summed E-state index contributed by atoms with van der Waals surface area (Å²) >= 11 is -0.359. The predicted molar refractivity (Wildman–Crippen MR) is 72.8 cm³/mol. The minimum absolute atomic E-state index is 0.329. The molecule has 4 nitrogen and oxygen atoms in total. The molecule has 19 heavy (non-hydrogen) atoms. The van der Waals surface area contributed by atoms with Crippen LogP contribution in [0.25, 0.3) is 10.8 Å². The van der Waals surface area contributed by atoms with Crippen molar-refractivity contribution >= 4 is 37.2 Å². The van der Waals surface area contributed by atoms with Crippen molar-refractivity contribution in [2.24, 2.45) is 0 Å². The molecule has 0 saturated heterocycles. The van der Waals surface area contributed by atoms with Gasteiger partial charge in [0.2, 0.25) is 0 Å². The van der Waals surface area contributed by atoms with Crippen LogP contribution in [0.3, 0.4) is 0 Å². The summed E-state index contributed by atoms with van der Waals surface area (Å²) in [6.07, 6.45) is 0. The molecule has 5 heteroatoms. The van der Waals surface area contributed by atoms with Crippen molar-refractivity contribution in [3.63, 3.8) is 0 Å². The van der Waals surface area contributed by atoms with Gasteiger partial charge in [0.25, 0.3) is 0 Å². The normalized spacial score (nSPS) is 10.4. The quantitative estimate of drug-likeness (QED) is 0.639. The molecule has 0 amide bonds. The molecule has 1 aromatic heterocycles. The van der Waals surface area contributed by atoms with E-state index in [9.17, 15) is 9.59 Å². The van der Waals surface area contributed by atoms with Gasteiger partial charge in [-0.15, -0.1) is 0 Å². The number of ether oxygens (including phenoxy) is 2. The number of esters is 2. The third kappa shape index (κ3) is 2.72. The molecule has 0 N–H and O–H groups in total. The van der Waals surface area contributed by atoms with E-state index in [1.165, 1.54) is 0 Å². The zero-order valence-electron chi connectivity index (χ0n) is 10.8. The molecule has 0 aliphatic heterocycles. The van der Waals surface area contributed by atoms with Gasteiger partial charge in [-0.1, -0.05) is 0 Å². The van der Waals surface area contributed by atoms with E-state index in [0.717, 1.165) is 10.8 Å². The summed E-state index contributed by atoms with van der Waals surface area (Å²) in [5.74, 6) is -0.677. The van der Waals surface area contributed by atoms with E-state index < -0.39 is 0 Å². The van der Waals surface area contributed by atoms with Crippen LogP contribution in [0.2, 0.25) is 0 Å². The van der Waals surface area contributed by atoms with Crippen LogP contribution in [0, 0.1) is 0 Å². The van der Waals surface area contributed by atoms with Crippen molar-refractivity contribution < 1.29 is 19.1 Å². The molecule has 0 bridgehead atoms. The van der Waals surface area contributed by atoms with Crippen LogP contribution < -0.4 is 0 Å². The zero-order valence-corrected chi connectivity index (χ0v) is 12.5. The Morgan fingerprint density at radius 1 is 0.947 bits per heavy atom. The average Bonchev–Trinajstić information content (AvgIpc) is 2.79. The Bertz CT molecular complexity index is 563. The molecule has 100 valence electrons. The molecule has 0 atom stereocenters. The molecule has 0 aliphatic rings. The van der Waals surface area contributed by atoms with Gasteiger partial charge in [0, 0.05) is 0 Å². The maximum atomic E-state index is 11.9. The fourth-order valence-corrected chi connectivity index (χ4v) is 4.02. The molecule has 2 aromatic rings. The SMILES string of the molecule is CCOC(=O)c1[se]c(C(=O)OCC)c2ccccc12. The molecule has 1 aromatic carbocycles. The van der Waals surface area contributed by atoms with E-state index in [2.05, 4.69) is 0 Å². The third-order valence-corrected chi connectivity index (χ3v) is 5.02. The first-order valence-corrected chi connectivity index (χ1v) is 7.76. The van der Waals surface area contributed by atoms with E-state index in [1.54, 1.807) is 13.8 Å². The summed E-state index contributed by atoms with van der Waals surface area (Å²) in [5.41, 5.74) is 0. The van der Waals surface area contributed by atoms with Gasteiger partial charge in [0.15, 0.2) is 0 Å². The van der Waals surface area contributed by atoms with Gasteiger partial charge in [0.1, 0.15) is 0 Å². The number of fused-ring (bicyclic) bond motifs is 1. The van der Waals surface area contributed by atoms with Crippen molar-refractivity contribution in [1.82, 2.24) is 0 Å². The van der Waals surface area contributed by atoms with E-state index in [0.29, 0.717) is 22.1 Å². The number of carbonyl (C=O) groups excluding carboxylic acids is 2. The molecule has 2 rings (SSSR count). The Balaban J connectivity index is 2.54. The van der Waals surface area contributed by atoms with E-state index >= 15 is 0 Å². The first-order chi connectivity index (χ1) is 9.19. The summed E-state index contributed by atoms with van der Waals surface area (Å²) in [4.78, 5) is 23.9. The minimum atomic E-state index is -0.359. The summed E-state index contributed by atoms with van der Waals surface area (Å²) in [5, 5.41) is 1.59. The van der Waals surface area contributed by atoms with Gasteiger partial charge in [-0.3, -0.25) is 0 Å². The van der Waals surface area contributed by atoms with Gasteiger partial charge < -0.3 is 0 Å². The summed E-state index contributed by atoms with van der Waals surface area (Å²) in [7, 11) is 0. The van der Waals surface area contributed by atoms with Gasteiger partial charge in [-0.2, -0.15) is 0 Å². The molecule has 0 spiro atoms. The van der Waals surface area contributed by atoms with Gasteiger partial charge in [-0.25, -0.2) is 0 Å². The van der Waals surface area contributed by atoms with Gasteiger partial charge in [0.05, 0.1) is 0 Å². The van der Waals surface area contributed by atoms with E-state index in [4.69, 9.17) is 9.47 Å². The van der Waals surface area contributed by atoms with Crippen molar-refractivity contribution in [1.29, 1.82) is 0 Å². The summed E-state index contributed by atoms with van der Waals surface area (Å²) < 4.78 is 11.3. The third-order valence-electron chi connectivity index (χ3n) is 2.54. The van der Waals surface area contributed by atoms with Crippen LogP contribution in [0.5, 0.6) is 0 Å². The van der Waals surface area contributed by atoms with Crippen LogP contribution in [0.15, 0.2) is 24.3 Å². The zero-order chi connectivity index (χ0) is 13.8. The van der Waals surface area contributed by atoms with Crippen molar-refractivity contribution in [3.05, 3.63) is 33.1 Å². The molecule has 0 aliphatic carbocycles. The average molecular weight is 325 g/mol. The van der Waals surface area contributed by atoms with Crippen LogP contribution in [0.4, 0.5) is 0 Å². The van der Waals surface area contributed by atoms with Crippen LogP contribution in [0.1, 0.15) is 32.3 Å². The Hall–Kier alpha value is -1.58. The van der Waals surface area contributed by atoms with Gasteiger partial charge in [-0.05, 0) is 0 Å². The van der Waals surface area contributed by atoms with Crippen molar-refractivity contribution in [2.45, 2.75) is 13.8 Å². The van der Waals surface area contributed by atoms with Gasteiger partial charge >= 0.3 is 116 Å². The molecular weight excluding hydrogens is 311 g/mol. The van der Waals surface area contributed by atoms with E-state index in [1.807, 2.05) is 24.3 Å². The summed E-state index contributed by atoms with van der Waals surface area (Å²) in [6, 6.07) is 7.38. The second-order valence-electron chi connectivity index (χ2n) is 3.75. The molecule has 0 saturated carbocycles. The Morgan fingerprint density at radius 3 is 1.74 bits per heavy atom. The first kappa shape index (κ1) is 13.8. The number of benzene rings is 1. The number of rotatable bonds is 4. The van der Waals surface area contributed by atoms with Crippen LogP contribution >= 0.6 is 0 Å². The Labute approximate surface area is 117 Å². The number of hydrogen-bond donors (Lipinski definition) is 0. The molecular formula is C14H14O4Se. The summed E-state index contributed by atoms with van der Waals surface area (Å²) in [6.45, 7) is 4.19. The Morgan fingerprint density at radius 2 is 1.37 bits per heavy atom. The number of hydrogen-bond acceptors (Lipinski definition) is 4. The predicted octanol–water partition coefficient (Wildman–Crippen LogP) is 2.25. The standard InChI is InChI=1S/C14H14O4Se/c1-3-17-13(15)11-9-7-5-6-8-10(9)12(19-11)14(16)18-4-2/h5-8H,3-4H2,1-2H3. The second-order valence-corrected chi connectivity index (χ2v) is 5.89. The second kappa shape index (κ2) is 6.04. The molecule has 0 fully saturated rings. The van der Waals surface area contributed by atoms with E-state index in [-0.39, 0.29) is 26.4 Å². The molecule has 0 unspecified atom stereocenters. The number of carbonyl (C=O) groups is 2. The maximum absolute atomic E-state index is 11.9. The molecule has 1 heterocycles. The fraction of sp³-hybridized carbons (Fsp3) is 0.286. The Kier molecular flexibility index (Phi) is 4.40. The topological polar surface area (TPSA) is 52.6 Å². The van der Waals surface area contributed by atoms with Crippen molar-refractivity contribution in [3.8, 4) is 0 Å². The molecule has 0 radical (unpaired) electrons.